The van der Waals surface area contributed by atoms with Crippen molar-refractivity contribution < 1.29 is 9.21 Å². The van der Waals surface area contributed by atoms with Gasteiger partial charge in [-0.25, -0.2) is 4.68 Å². The van der Waals surface area contributed by atoms with Crippen molar-refractivity contribution in [2.75, 3.05) is 68.7 Å². The van der Waals surface area contributed by atoms with Crippen LogP contribution < -0.4 is 15.4 Å². The molecule has 0 spiro atoms. The lowest BCUT2D eigenvalue weighted by Gasteiger charge is -2.36. The van der Waals surface area contributed by atoms with E-state index in [4.69, 9.17) is 16.0 Å². The summed E-state index contributed by atoms with van der Waals surface area (Å²) in [6, 6.07) is 14.9. The van der Waals surface area contributed by atoms with Gasteiger partial charge in [-0.2, -0.15) is 5.10 Å². The number of carbonyl (C=O) groups excluding carboxylic acids is 1. The molecule has 4 heterocycles. The van der Waals surface area contributed by atoms with Gasteiger partial charge in [-0.1, -0.05) is 43.0 Å². The molecule has 3 aromatic rings. The molecule has 0 bridgehead atoms. The second-order valence-electron chi connectivity index (χ2n) is 10.6. The number of carbonyl (C=O) groups is 1. The van der Waals surface area contributed by atoms with E-state index in [1.165, 1.54) is 25.5 Å². The van der Waals surface area contributed by atoms with Crippen LogP contribution in [0.25, 0.3) is 0 Å². The van der Waals surface area contributed by atoms with Crippen molar-refractivity contribution in [2.24, 2.45) is 0 Å². The topological polar surface area (TPSA) is 78.1 Å². The zero-order chi connectivity index (χ0) is 27.7. The minimum Gasteiger partial charge on any atom is -0.459 e. The maximum Gasteiger partial charge on any atom is 0.289 e. The highest BCUT2D eigenvalue weighted by Crippen LogP contribution is 2.26. The molecule has 0 unspecified atom stereocenters. The third-order valence-corrected chi connectivity index (χ3v) is 8.20. The molecule has 2 saturated heterocycles. The fourth-order valence-electron chi connectivity index (χ4n) is 5.51. The summed E-state index contributed by atoms with van der Waals surface area (Å²) >= 11 is 6.36. The van der Waals surface area contributed by atoms with Crippen LogP contribution in [0.15, 0.2) is 64.0 Å². The number of unbranched alkanes of at least 4 members (excludes halogenated alkanes) is 4. The summed E-state index contributed by atoms with van der Waals surface area (Å²) in [6.07, 6.45) is 7.12. The van der Waals surface area contributed by atoms with Crippen molar-refractivity contribution in [3.63, 3.8) is 0 Å². The van der Waals surface area contributed by atoms with Crippen LogP contribution in [-0.2, 0) is 6.54 Å². The normalized spacial score (nSPS) is 16.5. The molecule has 0 atom stereocenters. The molecule has 0 saturated carbocycles. The smallest absolute Gasteiger partial charge is 0.289 e. The van der Waals surface area contributed by atoms with Crippen molar-refractivity contribution in [3.8, 4) is 0 Å². The number of hydrogen-bond donors (Lipinski definition) is 0. The second-order valence-corrected chi connectivity index (χ2v) is 11.0. The molecule has 2 aromatic heterocycles. The van der Waals surface area contributed by atoms with Crippen LogP contribution >= 0.6 is 11.6 Å². The summed E-state index contributed by atoms with van der Waals surface area (Å²) in [6.45, 7) is 8.49. The number of benzene rings is 1. The molecule has 10 heteroatoms. The number of aromatic nitrogens is 2. The van der Waals surface area contributed by atoms with Crippen molar-refractivity contribution >= 4 is 29.0 Å². The van der Waals surface area contributed by atoms with Crippen molar-refractivity contribution in [3.05, 3.63) is 75.9 Å². The minimum absolute atomic E-state index is 0.0636. The number of piperazine rings is 2. The van der Waals surface area contributed by atoms with Gasteiger partial charge in [0.1, 0.15) is 5.82 Å². The number of aryl methyl sites for hydroxylation is 1. The fraction of sp³-hybridized carbons (Fsp3) is 0.500. The highest BCUT2D eigenvalue weighted by molar-refractivity contribution is 6.33. The molecule has 2 fully saturated rings. The van der Waals surface area contributed by atoms with Gasteiger partial charge in [-0.3, -0.25) is 14.5 Å². The number of halogens is 1. The Balaban J connectivity index is 0.970. The summed E-state index contributed by atoms with van der Waals surface area (Å²) in [4.78, 5) is 33.8. The molecular weight excluding hydrogens is 528 g/mol. The van der Waals surface area contributed by atoms with Crippen LogP contribution in [0, 0.1) is 0 Å². The van der Waals surface area contributed by atoms with Crippen molar-refractivity contribution in [2.45, 2.75) is 38.6 Å². The Morgan fingerprint density at radius 1 is 0.775 bits per heavy atom. The first-order valence-electron chi connectivity index (χ1n) is 14.5. The van der Waals surface area contributed by atoms with E-state index in [2.05, 4.69) is 25.9 Å². The number of nitrogens with zero attached hydrogens (tertiary/aromatic N) is 6. The average molecular weight is 567 g/mol. The Kier molecular flexibility index (Phi) is 9.78. The second kappa shape index (κ2) is 13.9. The summed E-state index contributed by atoms with van der Waals surface area (Å²) in [5, 5.41) is 5.46. The monoisotopic (exact) mass is 566 g/mol. The molecule has 9 nitrogen and oxygen atoms in total. The summed E-state index contributed by atoms with van der Waals surface area (Å²) in [5.41, 5.74) is 1.08. The highest BCUT2D eigenvalue weighted by Gasteiger charge is 2.24. The van der Waals surface area contributed by atoms with Gasteiger partial charge in [-0.15, -0.1) is 0 Å². The molecule has 40 heavy (non-hydrogen) atoms. The van der Waals surface area contributed by atoms with Gasteiger partial charge in [0.25, 0.3) is 11.5 Å². The van der Waals surface area contributed by atoms with E-state index >= 15 is 0 Å². The molecule has 0 radical (unpaired) electrons. The molecule has 5 rings (SSSR count). The van der Waals surface area contributed by atoms with Gasteiger partial charge < -0.3 is 19.1 Å². The van der Waals surface area contributed by atoms with Crippen LogP contribution in [-0.4, -0.2) is 84.4 Å². The Bertz CT molecular complexity index is 1280. The van der Waals surface area contributed by atoms with E-state index in [-0.39, 0.29) is 11.5 Å². The van der Waals surface area contributed by atoms with Crippen LogP contribution in [0.3, 0.4) is 0 Å². The van der Waals surface area contributed by atoms with Gasteiger partial charge in [0.2, 0.25) is 0 Å². The van der Waals surface area contributed by atoms with E-state index in [9.17, 15) is 9.59 Å². The SMILES string of the molecule is O=C(c1ccco1)N1CCN(c2ccc(=O)n(CCCCCCCN3CCN(c4ccccc4Cl)CC3)n2)CC1. The number of para-hydroxylation sites is 1. The molecule has 2 aliphatic rings. The molecule has 0 N–H and O–H groups in total. The molecule has 1 amide bonds. The Hall–Kier alpha value is -3.30. The van der Waals surface area contributed by atoms with E-state index in [1.54, 1.807) is 33.8 Å². The first-order valence-corrected chi connectivity index (χ1v) is 14.8. The molecule has 1 aromatic carbocycles. The largest absolute Gasteiger partial charge is 0.459 e. The Morgan fingerprint density at radius 3 is 2.20 bits per heavy atom. The average Bonchev–Trinajstić information content (AvgIpc) is 3.53. The fourth-order valence-corrected chi connectivity index (χ4v) is 5.76. The number of hydrogen-bond acceptors (Lipinski definition) is 7. The van der Waals surface area contributed by atoms with E-state index in [0.717, 1.165) is 62.1 Å². The van der Waals surface area contributed by atoms with Gasteiger partial charge in [0.15, 0.2) is 5.76 Å². The van der Waals surface area contributed by atoms with Crippen LogP contribution in [0.1, 0.15) is 42.7 Å². The lowest BCUT2D eigenvalue weighted by atomic mass is 10.1. The predicted molar refractivity (Wildman–Crippen MR) is 159 cm³/mol. The number of anilines is 2. The Morgan fingerprint density at radius 2 is 1.48 bits per heavy atom. The third kappa shape index (κ3) is 7.26. The Labute approximate surface area is 240 Å². The predicted octanol–water partition coefficient (Wildman–Crippen LogP) is 4.22. The van der Waals surface area contributed by atoms with Crippen molar-refractivity contribution in [1.29, 1.82) is 0 Å². The van der Waals surface area contributed by atoms with Gasteiger partial charge >= 0.3 is 0 Å². The van der Waals surface area contributed by atoms with Crippen LogP contribution in [0.5, 0.6) is 0 Å². The van der Waals surface area contributed by atoms with Crippen molar-refractivity contribution in [1.82, 2.24) is 19.6 Å². The zero-order valence-corrected chi connectivity index (χ0v) is 23.8. The molecule has 214 valence electrons. The summed E-state index contributed by atoms with van der Waals surface area (Å²) in [5.74, 6) is 1.07. The van der Waals surface area contributed by atoms with Gasteiger partial charge in [-0.05, 0) is 49.7 Å². The van der Waals surface area contributed by atoms with E-state index in [0.29, 0.717) is 38.5 Å². The first kappa shape index (κ1) is 28.2. The minimum atomic E-state index is -0.0847. The van der Waals surface area contributed by atoms with Gasteiger partial charge in [0, 0.05) is 65.0 Å². The highest BCUT2D eigenvalue weighted by atomic mass is 35.5. The summed E-state index contributed by atoms with van der Waals surface area (Å²) in [7, 11) is 0. The summed E-state index contributed by atoms with van der Waals surface area (Å²) < 4.78 is 6.83. The maximum absolute atomic E-state index is 12.5. The zero-order valence-electron chi connectivity index (χ0n) is 23.1. The number of amides is 1. The van der Waals surface area contributed by atoms with E-state index in [1.807, 2.05) is 18.2 Å². The van der Waals surface area contributed by atoms with Gasteiger partial charge in [0.05, 0.1) is 17.0 Å². The lowest BCUT2D eigenvalue weighted by molar-refractivity contribution is 0.0714. The quantitative estimate of drug-likeness (QED) is 0.322. The van der Waals surface area contributed by atoms with E-state index < -0.39 is 0 Å². The molecule has 0 aliphatic carbocycles. The molecular formula is C30H39ClN6O3. The van der Waals surface area contributed by atoms with Crippen LogP contribution in [0.4, 0.5) is 11.5 Å². The molecule has 2 aliphatic heterocycles. The number of furan rings is 1. The maximum atomic E-state index is 12.5. The lowest BCUT2D eigenvalue weighted by Crippen LogP contribution is -2.49. The van der Waals surface area contributed by atoms with Crippen LogP contribution in [0.2, 0.25) is 5.02 Å². The standard InChI is InChI=1S/C30H39ClN6O3/c31-25-9-4-5-10-26(25)34-18-16-33(17-19-34)14-6-2-1-3-7-15-37-29(38)13-12-28(32-37)35-20-22-36(23-21-35)30(39)27-11-8-24-40-27/h4-5,8-13,24H,1-3,6-7,14-23H2. The first-order chi connectivity index (χ1) is 19.6. The number of rotatable bonds is 11. The third-order valence-electron chi connectivity index (χ3n) is 7.89.